The molecule has 0 bridgehead atoms. The minimum absolute atomic E-state index is 0.0645. The zero-order valence-corrected chi connectivity index (χ0v) is 26.6. The number of aryl methyl sites for hydroxylation is 1. The number of hydrogen-bond acceptors (Lipinski definition) is 7. The monoisotopic (exact) mass is 596 g/mol. The Balaban J connectivity index is 2.17. The normalized spacial score (nSPS) is 11.7. The molecule has 1 aromatic carbocycles. The molecule has 0 fully saturated rings. The average Bonchev–Trinajstić information content (AvgIpc) is 3.35. The molecule has 0 aliphatic carbocycles. The number of ether oxygens (including phenoxy) is 3. The third kappa shape index (κ3) is 11.4. The number of unbranched alkanes of at least 4 members (excludes halogenated alkanes) is 5. The molecule has 0 saturated carbocycles. The average molecular weight is 597 g/mol. The molecule has 1 heterocycles. The zero-order valence-electron chi connectivity index (χ0n) is 24.9. The van der Waals surface area contributed by atoms with E-state index in [9.17, 15) is 13.2 Å². The number of nitrogens with zero attached hydrogens (tertiary/aromatic N) is 2. The van der Waals surface area contributed by atoms with E-state index in [1.54, 1.807) is 37.6 Å². The van der Waals surface area contributed by atoms with Crippen molar-refractivity contribution >= 4 is 27.3 Å². The summed E-state index contributed by atoms with van der Waals surface area (Å²) in [5.74, 6) is 1.15. The number of amides is 1. The highest BCUT2D eigenvalue weighted by atomic mass is 32.2. The highest BCUT2D eigenvalue weighted by Gasteiger charge is 2.27. The molecule has 2 aromatic rings. The number of carbonyl (C=O) groups is 1. The first-order chi connectivity index (χ1) is 19.2. The van der Waals surface area contributed by atoms with Gasteiger partial charge in [0.2, 0.25) is 15.9 Å². The van der Waals surface area contributed by atoms with Crippen molar-refractivity contribution in [3.63, 3.8) is 0 Å². The van der Waals surface area contributed by atoms with Crippen molar-refractivity contribution in [2.75, 3.05) is 53.3 Å². The van der Waals surface area contributed by atoms with Crippen molar-refractivity contribution in [3.8, 4) is 11.5 Å². The van der Waals surface area contributed by atoms with Crippen LogP contribution in [0.3, 0.4) is 0 Å². The van der Waals surface area contributed by atoms with E-state index >= 15 is 0 Å². The van der Waals surface area contributed by atoms with E-state index in [2.05, 4.69) is 6.92 Å². The summed E-state index contributed by atoms with van der Waals surface area (Å²) in [7, 11) is 1.22. The van der Waals surface area contributed by atoms with Gasteiger partial charge in [0.25, 0.3) is 0 Å². The minimum atomic E-state index is -3.58. The highest BCUT2D eigenvalue weighted by molar-refractivity contribution is 7.89. The maximum absolute atomic E-state index is 13.7. The van der Waals surface area contributed by atoms with E-state index in [4.69, 9.17) is 14.2 Å². The van der Waals surface area contributed by atoms with Crippen LogP contribution in [0.2, 0.25) is 0 Å². The van der Waals surface area contributed by atoms with Gasteiger partial charge in [-0.05, 0) is 60.9 Å². The second-order valence-corrected chi connectivity index (χ2v) is 13.1. The molecular formula is C30H48N2O6S2. The van der Waals surface area contributed by atoms with Gasteiger partial charge >= 0.3 is 0 Å². The van der Waals surface area contributed by atoms with Crippen LogP contribution in [0.1, 0.15) is 67.9 Å². The van der Waals surface area contributed by atoms with Gasteiger partial charge in [-0.1, -0.05) is 45.1 Å². The van der Waals surface area contributed by atoms with Gasteiger partial charge in [-0.25, -0.2) is 8.42 Å². The zero-order chi connectivity index (χ0) is 29.4. The smallest absolute Gasteiger partial charge is 0.238 e. The number of carbonyl (C=O) groups excluding carboxylic acids is 1. The summed E-state index contributed by atoms with van der Waals surface area (Å²) in [4.78, 5) is 16.6. The van der Waals surface area contributed by atoms with Crippen LogP contribution in [0.15, 0.2) is 29.6 Å². The predicted octanol–water partition coefficient (Wildman–Crippen LogP) is 5.67. The number of methoxy groups -OCH3 is 3. The van der Waals surface area contributed by atoms with Gasteiger partial charge in [-0.15, -0.1) is 11.3 Å². The van der Waals surface area contributed by atoms with Gasteiger partial charge in [0.15, 0.2) is 11.5 Å². The number of benzene rings is 1. The van der Waals surface area contributed by atoms with Gasteiger partial charge < -0.3 is 19.1 Å². The molecular weight excluding hydrogens is 548 g/mol. The van der Waals surface area contributed by atoms with Crippen LogP contribution in [0.4, 0.5) is 0 Å². The van der Waals surface area contributed by atoms with Crippen molar-refractivity contribution < 1.29 is 27.4 Å². The summed E-state index contributed by atoms with van der Waals surface area (Å²) in [6, 6.07) is 7.78. The fourth-order valence-corrected chi connectivity index (χ4v) is 6.94. The van der Waals surface area contributed by atoms with Gasteiger partial charge in [0, 0.05) is 31.7 Å². The Kier molecular flexibility index (Phi) is 15.6. The largest absolute Gasteiger partial charge is 0.493 e. The van der Waals surface area contributed by atoms with Crippen molar-refractivity contribution in [2.24, 2.45) is 0 Å². The van der Waals surface area contributed by atoms with Crippen molar-refractivity contribution in [1.82, 2.24) is 9.21 Å². The molecule has 40 heavy (non-hydrogen) atoms. The van der Waals surface area contributed by atoms with Crippen molar-refractivity contribution in [1.29, 1.82) is 0 Å². The lowest BCUT2D eigenvalue weighted by Gasteiger charge is -2.27. The van der Waals surface area contributed by atoms with Gasteiger partial charge in [0.1, 0.15) is 0 Å². The molecule has 0 saturated heterocycles. The molecule has 0 spiro atoms. The molecule has 226 valence electrons. The van der Waals surface area contributed by atoms with Crippen LogP contribution >= 0.6 is 11.3 Å². The maximum atomic E-state index is 13.7. The van der Waals surface area contributed by atoms with E-state index in [0.717, 1.165) is 41.7 Å². The molecule has 0 unspecified atom stereocenters. The summed E-state index contributed by atoms with van der Waals surface area (Å²) in [5.41, 5.74) is 2.13. The first-order valence-electron chi connectivity index (χ1n) is 14.2. The molecule has 0 aliphatic rings. The Bertz CT molecular complexity index is 1120. The van der Waals surface area contributed by atoms with E-state index in [-0.39, 0.29) is 24.7 Å². The van der Waals surface area contributed by atoms with Crippen LogP contribution < -0.4 is 9.47 Å². The Morgan fingerprint density at radius 1 is 0.925 bits per heavy atom. The number of sulfonamides is 1. The van der Waals surface area contributed by atoms with Crippen molar-refractivity contribution in [2.45, 2.75) is 71.8 Å². The second kappa shape index (κ2) is 18.3. The summed E-state index contributed by atoms with van der Waals surface area (Å²) in [6.07, 6.45) is 7.13. The van der Waals surface area contributed by atoms with E-state index < -0.39 is 10.0 Å². The number of rotatable bonds is 21. The summed E-state index contributed by atoms with van der Waals surface area (Å²) in [5, 5.41) is 2.02. The molecule has 0 atom stereocenters. The molecule has 0 N–H and O–H groups in total. The summed E-state index contributed by atoms with van der Waals surface area (Å²) < 4.78 is 44.0. The first-order valence-corrected chi connectivity index (χ1v) is 16.7. The van der Waals surface area contributed by atoms with Crippen LogP contribution in [-0.4, -0.2) is 76.9 Å². The van der Waals surface area contributed by atoms with E-state index in [0.29, 0.717) is 50.5 Å². The maximum Gasteiger partial charge on any atom is 0.238 e. The number of hydrogen-bond donors (Lipinski definition) is 0. The third-order valence-electron chi connectivity index (χ3n) is 6.99. The minimum Gasteiger partial charge on any atom is -0.493 e. The van der Waals surface area contributed by atoms with Gasteiger partial charge in [-0.3, -0.25) is 4.79 Å². The Hall–Kier alpha value is -2.14. The molecule has 8 nitrogen and oxygen atoms in total. The first kappa shape index (κ1) is 34.1. The standard InChI is InChI=1S/C30H48N2O6S2/c1-6-7-8-9-10-11-21-40(34,35)32(17-12-19-36-3)24-30(33)31(23-29-25(2)16-20-39-29)18-15-26-13-14-27(37-4)28(22-26)38-5/h13-14,16,20,22H,6-12,15,17-19,21,23-24H2,1-5H3. The topological polar surface area (TPSA) is 85.4 Å². The Labute approximate surface area is 245 Å². The summed E-state index contributed by atoms with van der Waals surface area (Å²) in [6.45, 7) is 5.63. The summed E-state index contributed by atoms with van der Waals surface area (Å²) >= 11 is 1.61. The van der Waals surface area contributed by atoms with Crippen molar-refractivity contribution in [3.05, 3.63) is 45.6 Å². The number of thiophene rings is 1. The predicted molar refractivity (Wildman–Crippen MR) is 163 cm³/mol. The quantitative estimate of drug-likeness (QED) is 0.173. The second-order valence-electron chi connectivity index (χ2n) is 10.0. The van der Waals surface area contributed by atoms with E-state index in [1.807, 2.05) is 36.6 Å². The third-order valence-corrected chi connectivity index (χ3v) is 9.90. The van der Waals surface area contributed by atoms with Gasteiger partial charge in [0.05, 0.1) is 33.1 Å². The fraction of sp³-hybridized carbons (Fsp3) is 0.633. The van der Waals surface area contributed by atoms with Crippen LogP contribution in [-0.2, 0) is 32.5 Å². The molecule has 2 rings (SSSR count). The molecule has 10 heteroatoms. The van der Waals surface area contributed by atoms with Crippen LogP contribution in [0.5, 0.6) is 11.5 Å². The van der Waals surface area contributed by atoms with Gasteiger partial charge in [-0.2, -0.15) is 4.31 Å². The fourth-order valence-electron chi connectivity index (χ4n) is 4.48. The molecule has 1 amide bonds. The lowest BCUT2D eigenvalue weighted by molar-refractivity contribution is -0.132. The molecule has 1 aromatic heterocycles. The lowest BCUT2D eigenvalue weighted by atomic mass is 10.1. The SMILES string of the molecule is CCCCCCCCS(=O)(=O)N(CCCOC)CC(=O)N(CCc1ccc(OC)c(OC)c1)Cc1sccc1C. The molecule has 0 aliphatic heterocycles. The lowest BCUT2D eigenvalue weighted by Crippen LogP contribution is -2.44. The molecule has 0 radical (unpaired) electrons. The Morgan fingerprint density at radius 2 is 1.65 bits per heavy atom. The van der Waals surface area contributed by atoms with Crippen LogP contribution in [0, 0.1) is 6.92 Å². The van der Waals surface area contributed by atoms with Crippen LogP contribution in [0.25, 0.3) is 0 Å². The van der Waals surface area contributed by atoms with E-state index in [1.165, 1.54) is 10.7 Å². The highest BCUT2D eigenvalue weighted by Crippen LogP contribution is 2.28. The Morgan fingerprint density at radius 3 is 2.30 bits per heavy atom.